The highest BCUT2D eigenvalue weighted by atomic mass is 35.5. The maximum absolute atomic E-state index is 12.6. The summed E-state index contributed by atoms with van der Waals surface area (Å²) < 4.78 is 37.8. The standard InChI is InChI=1S/C15H12Cl2F3N/c16-13-5-4-11(14(17)7-13)9-21-8-10-2-1-3-12(6-10)15(18,19)20/h1-7,21H,8-9H2. The van der Waals surface area contributed by atoms with Gasteiger partial charge < -0.3 is 5.32 Å². The molecule has 0 aliphatic carbocycles. The molecule has 0 bridgehead atoms. The molecular formula is C15H12Cl2F3N. The summed E-state index contributed by atoms with van der Waals surface area (Å²) in [5, 5.41) is 4.13. The molecule has 0 aliphatic rings. The van der Waals surface area contributed by atoms with Crippen LogP contribution in [0.4, 0.5) is 13.2 Å². The molecule has 0 amide bonds. The van der Waals surface area contributed by atoms with Gasteiger partial charge in [-0.3, -0.25) is 0 Å². The Morgan fingerprint density at radius 2 is 1.71 bits per heavy atom. The van der Waals surface area contributed by atoms with E-state index in [9.17, 15) is 13.2 Å². The molecule has 1 N–H and O–H groups in total. The number of alkyl halides is 3. The Kier molecular flexibility index (Phi) is 5.14. The lowest BCUT2D eigenvalue weighted by Crippen LogP contribution is -2.14. The van der Waals surface area contributed by atoms with Gasteiger partial charge in [0.2, 0.25) is 0 Å². The Morgan fingerprint density at radius 3 is 2.38 bits per heavy atom. The molecule has 6 heteroatoms. The molecule has 0 aromatic heterocycles. The van der Waals surface area contributed by atoms with Gasteiger partial charge in [-0.05, 0) is 29.3 Å². The first-order valence-electron chi connectivity index (χ1n) is 6.17. The summed E-state index contributed by atoms with van der Waals surface area (Å²) in [5.74, 6) is 0. The first-order chi connectivity index (χ1) is 9.86. The van der Waals surface area contributed by atoms with Crippen molar-refractivity contribution in [3.63, 3.8) is 0 Å². The van der Waals surface area contributed by atoms with Crippen LogP contribution in [0.1, 0.15) is 16.7 Å². The number of nitrogens with one attached hydrogen (secondary N) is 1. The van der Waals surface area contributed by atoms with Crippen LogP contribution in [0.2, 0.25) is 10.0 Å². The van der Waals surface area contributed by atoms with E-state index in [4.69, 9.17) is 23.2 Å². The van der Waals surface area contributed by atoms with Gasteiger partial charge in [0.15, 0.2) is 0 Å². The van der Waals surface area contributed by atoms with Gasteiger partial charge in [0.25, 0.3) is 0 Å². The number of benzene rings is 2. The molecule has 112 valence electrons. The Bertz CT molecular complexity index is 627. The van der Waals surface area contributed by atoms with Crippen molar-refractivity contribution in [2.24, 2.45) is 0 Å². The average molecular weight is 334 g/mol. The molecular weight excluding hydrogens is 322 g/mol. The van der Waals surface area contributed by atoms with Crippen molar-refractivity contribution in [3.8, 4) is 0 Å². The summed E-state index contributed by atoms with van der Waals surface area (Å²) in [6.45, 7) is 0.773. The molecule has 0 unspecified atom stereocenters. The molecule has 0 saturated heterocycles. The zero-order valence-corrected chi connectivity index (χ0v) is 12.4. The molecule has 0 radical (unpaired) electrons. The topological polar surface area (TPSA) is 12.0 Å². The quantitative estimate of drug-likeness (QED) is 0.800. The molecule has 0 fully saturated rings. The van der Waals surface area contributed by atoms with Crippen LogP contribution in [-0.4, -0.2) is 0 Å². The average Bonchev–Trinajstić information content (AvgIpc) is 2.41. The highest BCUT2D eigenvalue weighted by molar-refractivity contribution is 6.35. The highest BCUT2D eigenvalue weighted by Gasteiger charge is 2.30. The van der Waals surface area contributed by atoms with E-state index in [1.165, 1.54) is 6.07 Å². The summed E-state index contributed by atoms with van der Waals surface area (Å²) in [4.78, 5) is 0. The van der Waals surface area contributed by atoms with Gasteiger partial charge >= 0.3 is 6.18 Å². The number of halogens is 5. The summed E-state index contributed by atoms with van der Waals surface area (Å²) in [6, 6.07) is 10.4. The Hall–Kier alpha value is -1.23. The van der Waals surface area contributed by atoms with Crippen molar-refractivity contribution in [1.82, 2.24) is 5.32 Å². The van der Waals surface area contributed by atoms with Gasteiger partial charge in [0.05, 0.1) is 5.56 Å². The van der Waals surface area contributed by atoms with E-state index in [0.29, 0.717) is 28.7 Å². The van der Waals surface area contributed by atoms with E-state index in [0.717, 1.165) is 17.7 Å². The lowest BCUT2D eigenvalue weighted by atomic mass is 10.1. The van der Waals surface area contributed by atoms with Crippen LogP contribution in [0.5, 0.6) is 0 Å². The predicted octanol–water partition coefficient (Wildman–Crippen LogP) is 5.30. The predicted molar refractivity (Wildman–Crippen MR) is 78.4 cm³/mol. The van der Waals surface area contributed by atoms with Crippen LogP contribution in [0.15, 0.2) is 42.5 Å². The largest absolute Gasteiger partial charge is 0.416 e. The number of hydrogen-bond donors (Lipinski definition) is 1. The van der Waals surface area contributed by atoms with Crippen molar-refractivity contribution in [3.05, 3.63) is 69.2 Å². The van der Waals surface area contributed by atoms with Crippen LogP contribution < -0.4 is 5.32 Å². The minimum Gasteiger partial charge on any atom is -0.309 e. The van der Waals surface area contributed by atoms with Crippen LogP contribution >= 0.6 is 23.2 Å². The molecule has 2 aromatic carbocycles. The fourth-order valence-corrected chi connectivity index (χ4v) is 2.34. The Labute approximate surface area is 130 Å². The van der Waals surface area contributed by atoms with Gasteiger partial charge in [0, 0.05) is 23.1 Å². The fraction of sp³-hybridized carbons (Fsp3) is 0.200. The highest BCUT2D eigenvalue weighted by Crippen LogP contribution is 2.29. The summed E-state index contributed by atoms with van der Waals surface area (Å²) in [5.41, 5.74) is 0.759. The minimum atomic E-state index is -4.32. The monoisotopic (exact) mass is 333 g/mol. The van der Waals surface area contributed by atoms with Crippen molar-refractivity contribution in [2.75, 3.05) is 0 Å². The van der Waals surface area contributed by atoms with E-state index < -0.39 is 11.7 Å². The zero-order chi connectivity index (χ0) is 15.5. The van der Waals surface area contributed by atoms with Gasteiger partial charge in [-0.1, -0.05) is 47.5 Å². The first-order valence-corrected chi connectivity index (χ1v) is 6.92. The minimum absolute atomic E-state index is 0.322. The zero-order valence-electron chi connectivity index (χ0n) is 10.8. The summed E-state index contributed by atoms with van der Waals surface area (Å²) in [6.07, 6.45) is -4.32. The summed E-state index contributed by atoms with van der Waals surface area (Å²) >= 11 is 11.8. The third-order valence-corrected chi connectivity index (χ3v) is 3.50. The molecule has 2 aromatic rings. The second-order valence-electron chi connectivity index (χ2n) is 4.54. The number of hydrogen-bond acceptors (Lipinski definition) is 1. The third kappa shape index (κ3) is 4.63. The van der Waals surface area contributed by atoms with Crippen LogP contribution in [0.25, 0.3) is 0 Å². The lowest BCUT2D eigenvalue weighted by Gasteiger charge is -2.10. The Morgan fingerprint density at radius 1 is 0.952 bits per heavy atom. The fourth-order valence-electron chi connectivity index (χ4n) is 1.86. The Balaban J connectivity index is 1.97. The number of rotatable bonds is 4. The van der Waals surface area contributed by atoms with Crippen LogP contribution in [0.3, 0.4) is 0 Å². The lowest BCUT2D eigenvalue weighted by molar-refractivity contribution is -0.137. The van der Waals surface area contributed by atoms with E-state index in [1.807, 2.05) is 0 Å². The van der Waals surface area contributed by atoms with Gasteiger partial charge in [-0.25, -0.2) is 0 Å². The second-order valence-corrected chi connectivity index (χ2v) is 5.38. The summed E-state index contributed by atoms with van der Waals surface area (Å²) in [7, 11) is 0. The molecule has 21 heavy (non-hydrogen) atoms. The SMILES string of the molecule is FC(F)(F)c1cccc(CNCc2ccc(Cl)cc2Cl)c1. The molecule has 0 atom stereocenters. The first kappa shape index (κ1) is 16.1. The van der Waals surface area contributed by atoms with Crippen molar-refractivity contribution < 1.29 is 13.2 Å². The van der Waals surface area contributed by atoms with Crippen molar-refractivity contribution in [1.29, 1.82) is 0 Å². The van der Waals surface area contributed by atoms with Crippen LogP contribution in [0, 0.1) is 0 Å². The molecule has 0 spiro atoms. The molecule has 0 saturated carbocycles. The van der Waals surface area contributed by atoms with E-state index in [-0.39, 0.29) is 0 Å². The normalized spacial score (nSPS) is 11.7. The molecule has 0 heterocycles. The second kappa shape index (κ2) is 6.69. The smallest absolute Gasteiger partial charge is 0.309 e. The van der Waals surface area contributed by atoms with E-state index in [1.54, 1.807) is 24.3 Å². The maximum atomic E-state index is 12.6. The van der Waals surface area contributed by atoms with E-state index >= 15 is 0 Å². The van der Waals surface area contributed by atoms with E-state index in [2.05, 4.69) is 5.32 Å². The third-order valence-electron chi connectivity index (χ3n) is 2.91. The molecule has 0 aliphatic heterocycles. The van der Waals surface area contributed by atoms with Crippen LogP contribution in [-0.2, 0) is 19.3 Å². The molecule has 2 rings (SSSR count). The van der Waals surface area contributed by atoms with Gasteiger partial charge in [-0.15, -0.1) is 0 Å². The van der Waals surface area contributed by atoms with Crippen molar-refractivity contribution in [2.45, 2.75) is 19.3 Å². The van der Waals surface area contributed by atoms with Crippen molar-refractivity contribution >= 4 is 23.2 Å². The maximum Gasteiger partial charge on any atom is 0.416 e. The van der Waals surface area contributed by atoms with Gasteiger partial charge in [-0.2, -0.15) is 13.2 Å². The molecule has 1 nitrogen and oxygen atoms in total. The van der Waals surface area contributed by atoms with Gasteiger partial charge in [0.1, 0.15) is 0 Å².